The van der Waals surface area contributed by atoms with Crippen molar-refractivity contribution in [1.29, 1.82) is 0 Å². The second-order valence-electron chi connectivity index (χ2n) is 16.4. The first kappa shape index (κ1) is 51.7. The summed E-state index contributed by atoms with van der Waals surface area (Å²) in [6.45, 7) is 24.0. The van der Waals surface area contributed by atoms with Crippen LogP contribution in [-0.4, -0.2) is 13.1 Å². The molecule has 0 saturated heterocycles. The third kappa shape index (κ3) is 12.1. The molecule has 0 heterocycles. The first-order chi connectivity index (χ1) is 26.5. The van der Waals surface area contributed by atoms with E-state index in [9.17, 15) is 13.2 Å². The van der Waals surface area contributed by atoms with Crippen molar-refractivity contribution in [2.45, 2.75) is 78.8 Å². The molecule has 7 heteroatoms. The number of benzene rings is 6. The Balaban J connectivity index is 0.000000331. The van der Waals surface area contributed by atoms with Crippen LogP contribution in [0.1, 0.15) is 70.2 Å². The summed E-state index contributed by atoms with van der Waals surface area (Å²) in [7, 11) is 0. The molecule has 59 heavy (non-hydrogen) atoms. The van der Waals surface area contributed by atoms with Gasteiger partial charge in [0.1, 0.15) is 0 Å². The maximum absolute atomic E-state index is 10.7. The van der Waals surface area contributed by atoms with E-state index in [1.54, 1.807) is 0 Å². The van der Waals surface area contributed by atoms with Crippen molar-refractivity contribution in [2.24, 2.45) is 0 Å². The Bertz CT molecular complexity index is 2430. The van der Waals surface area contributed by atoms with Crippen LogP contribution in [-0.2, 0) is 34.2 Å². The Morgan fingerprint density at radius 2 is 0.847 bits per heavy atom. The summed E-state index contributed by atoms with van der Waals surface area (Å²) >= 11 is 1.36. The number of rotatable bonds is 2. The van der Waals surface area contributed by atoms with Gasteiger partial charge in [0.15, 0.2) is 0 Å². The third-order valence-corrected chi connectivity index (χ3v) is 10.4. The standard InChI is InChI=1S/2C24H23.C3H4F3.CH3.2ClH.Si.Zr/c2*1-16-22(24(2,3)4)15-20-10-7-11-21(23(16)20)19-13-12-17-8-5-6-9-18(17)14-19;1-2-3(4,5)6;;;;;/h2*5-15H,1-4H3;1-2H2;1H3;2*1H;;/q4*-1;;;;. The summed E-state index contributed by atoms with van der Waals surface area (Å²) in [5, 5.41) is 10.7. The van der Waals surface area contributed by atoms with Gasteiger partial charge in [-0.15, -0.1) is 93.9 Å². The summed E-state index contributed by atoms with van der Waals surface area (Å²) < 4.78 is 32.2. The number of hydrogen-bond acceptors (Lipinski definition) is 0. The zero-order valence-electron chi connectivity index (χ0n) is 35.6. The minimum absolute atomic E-state index is 0. The van der Waals surface area contributed by atoms with Crippen LogP contribution in [0.3, 0.4) is 0 Å². The van der Waals surface area contributed by atoms with Gasteiger partial charge in [0.05, 0.1) is 0 Å². The molecule has 0 unspecified atom stereocenters. The number of alkyl halides is 3. The predicted molar refractivity (Wildman–Crippen MR) is 255 cm³/mol. The van der Waals surface area contributed by atoms with Crippen molar-refractivity contribution in [3.05, 3.63) is 170 Å². The summed E-state index contributed by atoms with van der Waals surface area (Å²) in [5.41, 5.74) is 11.4. The van der Waals surface area contributed by atoms with Gasteiger partial charge >= 0.3 is 36.4 Å². The van der Waals surface area contributed by atoms with Gasteiger partial charge in [-0.1, -0.05) is 158 Å². The van der Waals surface area contributed by atoms with E-state index in [4.69, 9.17) is 0 Å². The minimum atomic E-state index is -4.07. The molecule has 0 spiro atoms. The number of aryl methyl sites for hydroxylation is 2. The summed E-state index contributed by atoms with van der Waals surface area (Å²) in [5.74, 6) is 0. The molecule has 0 bridgehead atoms. The Morgan fingerprint density at radius 3 is 1.15 bits per heavy atom. The Hall–Kier alpha value is -3.47. The van der Waals surface area contributed by atoms with Crippen molar-refractivity contribution in [3.63, 3.8) is 0 Å². The van der Waals surface area contributed by atoms with Crippen molar-refractivity contribution in [2.75, 3.05) is 0 Å². The second kappa shape index (κ2) is 21.4. The molecule has 0 aliphatic heterocycles. The molecule has 0 atom stereocenters. The monoisotopic (exact) mass is 924 g/mol. The van der Waals surface area contributed by atoms with Crippen LogP contribution < -0.4 is 0 Å². The predicted octanol–water partition coefficient (Wildman–Crippen LogP) is 16.7. The van der Waals surface area contributed by atoms with Gasteiger partial charge < -0.3 is 14.4 Å². The Labute approximate surface area is 379 Å². The molecule has 0 aliphatic carbocycles. The van der Waals surface area contributed by atoms with Crippen molar-refractivity contribution >= 4 is 74.8 Å². The van der Waals surface area contributed by atoms with E-state index >= 15 is 0 Å². The number of fused-ring (bicyclic) bond motifs is 4. The van der Waals surface area contributed by atoms with Gasteiger partial charge in [0.2, 0.25) is 0 Å². The van der Waals surface area contributed by atoms with Crippen LogP contribution in [0.2, 0.25) is 0 Å². The molecule has 0 amide bonds. The topological polar surface area (TPSA) is 0 Å². The fourth-order valence-corrected chi connectivity index (χ4v) is 7.77. The van der Waals surface area contributed by atoms with E-state index in [1.807, 2.05) is 0 Å². The van der Waals surface area contributed by atoms with E-state index in [-0.39, 0.29) is 43.1 Å². The summed E-state index contributed by atoms with van der Waals surface area (Å²) in [4.78, 5) is 0. The number of hydrogen-bond donors (Lipinski definition) is 0. The van der Waals surface area contributed by atoms with Crippen molar-refractivity contribution < 1.29 is 36.5 Å². The first-order valence-electron chi connectivity index (χ1n) is 18.9. The van der Waals surface area contributed by atoms with Crippen LogP contribution >= 0.6 is 24.8 Å². The molecule has 0 fully saturated rings. The first-order valence-corrected chi connectivity index (χ1v) is 23.1. The molecular formula is C52H55Cl2F3SiZr-4. The van der Waals surface area contributed by atoms with Crippen LogP contribution in [0.15, 0.2) is 133 Å². The average molecular weight is 927 g/mol. The van der Waals surface area contributed by atoms with Crippen LogP contribution in [0.4, 0.5) is 13.2 Å². The van der Waals surface area contributed by atoms with E-state index in [0.29, 0.717) is 0 Å². The fourth-order valence-electron chi connectivity index (χ4n) is 7.77. The molecule has 8 aromatic rings. The van der Waals surface area contributed by atoms with Gasteiger partial charge in [-0.2, -0.15) is 24.3 Å². The molecule has 0 aliphatic rings. The zero-order chi connectivity index (χ0) is 41.0. The zero-order valence-corrected chi connectivity index (χ0v) is 40.7. The van der Waals surface area contributed by atoms with Crippen molar-refractivity contribution in [3.8, 4) is 22.3 Å². The van der Waals surface area contributed by atoms with Gasteiger partial charge in [-0.05, 0) is 55.6 Å². The molecule has 0 nitrogen and oxygen atoms in total. The molecule has 0 N–H and O–H groups in total. The molecule has 8 aromatic carbocycles. The Morgan fingerprint density at radius 1 is 0.525 bits per heavy atom. The normalized spacial score (nSPS) is 11.2. The molecular weight excluding hydrogens is 872 g/mol. The maximum atomic E-state index is 10.7. The van der Waals surface area contributed by atoms with Crippen molar-refractivity contribution in [1.82, 2.24) is 0 Å². The Kier molecular flexibility index (Phi) is 18.7. The SMILES string of the molecule is Cc1c(C(C)(C)C)[cH-]c2cccc(-c3ccc4ccccc4c3)c12.Cc1c(C(C)(C)C)[cH-]c2cccc(-c3ccc4ccccc4c3)c12.Cl.Cl.[CH2-]CC(F)(F)F.[CH3-].[Si]=[Zr]. The molecule has 0 aromatic heterocycles. The second-order valence-corrected chi connectivity index (χ2v) is 16.4. The molecule has 0 saturated carbocycles. The quantitative estimate of drug-likeness (QED) is 0.120. The van der Waals surface area contributed by atoms with E-state index in [2.05, 4.69) is 203 Å². The third-order valence-electron chi connectivity index (χ3n) is 10.4. The molecule has 310 valence electrons. The fraction of sp³-hybridized carbons (Fsp3) is 0.231. The van der Waals surface area contributed by atoms with Crippen LogP contribution in [0.5, 0.6) is 0 Å². The van der Waals surface area contributed by atoms with Gasteiger partial charge in [-0.3, -0.25) is 0 Å². The summed E-state index contributed by atoms with van der Waals surface area (Å²) in [6.07, 6.45) is -5.05. The van der Waals surface area contributed by atoms with E-state index in [1.165, 1.54) is 111 Å². The molecule has 8 rings (SSSR count). The van der Waals surface area contributed by atoms with Crippen LogP contribution in [0, 0.1) is 28.2 Å². The van der Waals surface area contributed by atoms with Gasteiger partial charge in [0.25, 0.3) is 0 Å². The number of halogens is 5. The van der Waals surface area contributed by atoms with Crippen LogP contribution in [0.25, 0.3) is 65.3 Å². The van der Waals surface area contributed by atoms with E-state index in [0.717, 1.165) is 0 Å². The van der Waals surface area contributed by atoms with Gasteiger partial charge in [0, 0.05) is 0 Å². The van der Waals surface area contributed by atoms with E-state index < -0.39 is 12.6 Å². The summed E-state index contributed by atoms with van der Waals surface area (Å²) in [6, 6.07) is 48.8. The average Bonchev–Trinajstić information content (AvgIpc) is 3.72. The van der Waals surface area contributed by atoms with Gasteiger partial charge in [-0.25, -0.2) is 0 Å². The molecule has 2 radical (unpaired) electrons.